The summed E-state index contributed by atoms with van der Waals surface area (Å²) < 4.78 is 2.69. The van der Waals surface area contributed by atoms with Crippen LogP contribution in [0, 0.1) is 5.41 Å². The van der Waals surface area contributed by atoms with E-state index in [1.54, 1.807) is 10.9 Å². The Bertz CT molecular complexity index is 368. The van der Waals surface area contributed by atoms with Crippen molar-refractivity contribution >= 4 is 15.9 Å². The van der Waals surface area contributed by atoms with Crippen LogP contribution in [0.15, 0.2) is 10.7 Å². The van der Waals surface area contributed by atoms with Crippen molar-refractivity contribution in [2.75, 3.05) is 0 Å². The van der Waals surface area contributed by atoms with Crippen molar-refractivity contribution in [3.63, 3.8) is 0 Å². The maximum atomic E-state index is 10.7. The smallest absolute Gasteiger partial charge is 0.107 e. The summed E-state index contributed by atoms with van der Waals surface area (Å²) in [6, 6.07) is 0. The van der Waals surface area contributed by atoms with Crippen LogP contribution >= 0.6 is 15.9 Å². The molecule has 0 saturated heterocycles. The van der Waals surface area contributed by atoms with E-state index >= 15 is 0 Å². The van der Waals surface area contributed by atoms with Gasteiger partial charge in [0.1, 0.15) is 5.60 Å². The molecule has 4 heteroatoms. The van der Waals surface area contributed by atoms with Crippen LogP contribution < -0.4 is 0 Å². The fourth-order valence-electron chi connectivity index (χ4n) is 2.51. The van der Waals surface area contributed by atoms with Crippen LogP contribution in [0.4, 0.5) is 0 Å². The number of halogens is 1. The third-order valence-corrected chi connectivity index (χ3v) is 4.35. The van der Waals surface area contributed by atoms with Gasteiger partial charge in [-0.1, -0.05) is 13.8 Å². The molecule has 1 aromatic heterocycles. The summed E-state index contributed by atoms with van der Waals surface area (Å²) in [7, 11) is 1.89. The molecular formula is C12H19BrN2O. The van der Waals surface area contributed by atoms with Crippen molar-refractivity contribution < 1.29 is 5.11 Å². The molecule has 0 spiro atoms. The van der Waals surface area contributed by atoms with Gasteiger partial charge in [0, 0.05) is 7.05 Å². The van der Waals surface area contributed by atoms with Crippen molar-refractivity contribution in [1.29, 1.82) is 0 Å². The molecule has 0 atom stereocenters. The molecule has 0 aromatic carbocycles. The van der Waals surface area contributed by atoms with Crippen molar-refractivity contribution in [3.8, 4) is 0 Å². The van der Waals surface area contributed by atoms with E-state index in [1.165, 1.54) is 0 Å². The number of hydrogen-bond donors (Lipinski definition) is 1. The number of rotatable bonds is 1. The Morgan fingerprint density at radius 2 is 1.88 bits per heavy atom. The number of aryl methyl sites for hydroxylation is 1. The summed E-state index contributed by atoms with van der Waals surface area (Å²) in [4.78, 5) is 0. The monoisotopic (exact) mass is 286 g/mol. The molecule has 1 aliphatic carbocycles. The van der Waals surface area contributed by atoms with E-state index in [0.29, 0.717) is 5.41 Å². The second kappa shape index (κ2) is 3.84. The lowest BCUT2D eigenvalue weighted by molar-refractivity contribution is -0.0372. The Balaban J connectivity index is 2.28. The fraction of sp³-hybridized carbons (Fsp3) is 0.750. The number of nitrogens with zero attached hydrogens (tertiary/aromatic N) is 2. The highest BCUT2D eigenvalue weighted by molar-refractivity contribution is 9.10. The molecule has 0 amide bonds. The minimum atomic E-state index is -0.709. The lowest BCUT2D eigenvalue weighted by atomic mass is 9.70. The Labute approximate surface area is 105 Å². The average molecular weight is 287 g/mol. The molecule has 90 valence electrons. The lowest BCUT2D eigenvalue weighted by Gasteiger charge is -2.40. The van der Waals surface area contributed by atoms with Crippen molar-refractivity contribution in [2.24, 2.45) is 12.5 Å². The van der Waals surface area contributed by atoms with Gasteiger partial charge in [-0.3, -0.25) is 4.68 Å². The molecule has 0 unspecified atom stereocenters. The first kappa shape index (κ1) is 12.1. The molecule has 1 aromatic rings. The molecule has 1 heterocycles. The largest absolute Gasteiger partial charge is 0.384 e. The minimum absolute atomic E-state index is 0.358. The van der Waals surface area contributed by atoms with E-state index in [4.69, 9.17) is 0 Å². The molecule has 3 nitrogen and oxygen atoms in total. The van der Waals surface area contributed by atoms with Crippen molar-refractivity contribution in [1.82, 2.24) is 9.78 Å². The van der Waals surface area contributed by atoms with Gasteiger partial charge in [-0.15, -0.1) is 0 Å². The van der Waals surface area contributed by atoms with E-state index in [9.17, 15) is 5.11 Å². The Kier molecular flexibility index (Phi) is 2.91. The number of aromatic nitrogens is 2. The summed E-state index contributed by atoms with van der Waals surface area (Å²) in [6.45, 7) is 4.54. The SMILES string of the molecule is Cn1ncc(Br)c1C1(O)CCC(C)(C)CC1. The Morgan fingerprint density at radius 1 is 1.31 bits per heavy atom. The fourth-order valence-corrected chi connectivity index (χ4v) is 3.23. The van der Waals surface area contributed by atoms with Crippen LogP contribution in [0.3, 0.4) is 0 Å². The molecule has 16 heavy (non-hydrogen) atoms. The van der Waals surface area contributed by atoms with Gasteiger partial charge in [0.2, 0.25) is 0 Å². The van der Waals surface area contributed by atoms with Gasteiger partial charge in [0.15, 0.2) is 0 Å². The molecular weight excluding hydrogens is 268 g/mol. The highest BCUT2D eigenvalue weighted by Gasteiger charge is 2.40. The first-order chi connectivity index (χ1) is 7.34. The standard InChI is InChI=1S/C12H19BrN2O/c1-11(2)4-6-12(16,7-5-11)10-9(13)8-14-15(10)3/h8,16H,4-7H2,1-3H3. The van der Waals surface area contributed by atoms with E-state index in [-0.39, 0.29) is 0 Å². The van der Waals surface area contributed by atoms with Gasteiger partial charge in [-0.2, -0.15) is 5.10 Å². The van der Waals surface area contributed by atoms with Gasteiger partial charge in [-0.25, -0.2) is 0 Å². The minimum Gasteiger partial charge on any atom is -0.384 e. The number of hydrogen-bond acceptors (Lipinski definition) is 2. The van der Waals surface area contributed by atoms with Crippen LogP contribution in [0.25, 0.3) is 0 Å². The molecule has 1 saturated carbocycles. The highest BCUT2D eigenvalue weighted by Crippen LogP contribution is 2.46. The Morgan fingerprint density at radius 3 is 2.31 bits per heavy atom. The van der Waals surface area contributed by atoms with Gasteiger partial charge in [0.05, 0.1) is 16.4 Å². The maximum absolute atomic E-state index is 10.7. The zero-order chi connectivity index (χ0) is 12.0. The molecule has 1 fully saturated rings. The van der Waals surface area contributed by atoms with E-state index < -0.39 is 5.60 Å². The molecule has 0 aliphatic heterocycles. The predicted molar refractivity (Wildman–Crippen MR) is 67.1 cm³/mol. The van der Waals surface area contributed by atoms with Gasteiger partial charge < -0.3 is 5.11 Å². The quantitative estimate of drug-likeness (QED) is 0.862. The first-order valence-corrected chi connectivity index (χ1v) is 6.54. The summed E-state index contributed by atoms with van der Waals surface area (Å²) in [6.07, 6.45) is 5.51. The molecule has 0 radical (unpaired) electrons. The van der Waals surface area contributed by atoms with E-state index in [2.05, 4.69) is 34.9 Å². The summed E-state index contributed by atoms with van der Waals surface area (Å²) in [5.74, 6) is 0. The zero-order valence-electron chi connectivity index (χ0n) is 10.1. The third-order valence-electron chi connectivity index (χ3n) is 3.77. The summed E-state index contributed by atoms with van der Waals surface area (Å²) >= 11 is 3.47. The average Bonchev–Trinajstić information content (AvgIpc) is 2.53. The zero-order valence-corrected chi connectivity index (χ0v) is 11.7. The topological polar surface area (TPSA) is 38.0 Å². The summed E-state index contributed by atoms with van der Waals surface area (Å²) in [5.41, 5.74) is 0.569. The maximum Gasteiger partial charge on any atom is 0.107 e. The molecule has 2 rings (SSSR count). The van der Waals surface area contributed by atoms with Gasteiger partial charge in [-0.05, 0) is 47.0 Å². The van der Waals surface area contributed by atoms with Crippen LogP contribution in [0.2, 0.25) is 0 Å². The molecule has 1 aliphatic rings. The Hall–Kier alpha value is -0.350. The summed E-state index contributed by atoms with van der Waals surface area (Å²) in [5, 5.41) is 14.9. The van der Waals surface area contributed by atoms with Gasteiger partial charge in [0.25, 0.3) is 0 Å². The third kappa shape index (κ3) is 2.05. The second-order valence-electron chi connectivity index (χ2n) is 5.66. The van der Waals surface area contributed by atoms with Crippen molar-refractivity contribution in [2.45, 2.75) is 45.1 Å². The van der Waals surface area contributed by atoms with E-state index in [0.717, 1.165) is 35.8 Å². The highest BCUT2D eigenvalue weighted by atomic mass is 79.9. The first-order valence-electron chi connectivity index (χ1n) is 5.74. The molecule has 0 bridgehead atoms. The lowest BCUT2D eigenvalue weighted by Crippen LogP contribution is -2.36. The van der Waals surface area contributed by atoms with Crippen LogP contribution in [-0.4, -0.2) is 14.9 Å². The van der Waals surface area contributed by atoms with Gasteiger partial charge >= 0.3 is 0 Å². The number of aliphatic hydroxyl groups is 1. The van der Waals surface area contributed by atoms with Crippen molar-refractivity contribution in [3.05, 3.63) is 16.4 Å². The van der Waals surface area contributed by atoms with Crippen LogP contribution in [0.5, 0.6) is 0 Å². The van der Waals surface area contributed by atoms with Crippen LogP contribution in [0.1, 0.15) is 45.2 Å². The normalized spacial score (nSPS) is 23.3. The second-order valence-corrected chi connectivity index (χ2v) is 6.51. The van der Waals surface area contributed by atoms with Crippen LogP contribution in [-0.2, 0) is 12.6 Å². The predicted octanol–water partition coefficient (Wildman–Crippen LogP) is 2.97. The van der Waals surface area contributed by atoms with E-state index in [1.807, 2.05) is 7.05 Å². The molecule has 1 N–H and O–H groups in total.